The second-order valence-electron chi connectivity index (χ2n) is 5.31. The van der Waals surface area contributed by atoms with Crippen molar-refractivity contribution in [3.05, 3.63) is 11.6 Å². The Labute approximate surface area is 124 Å². The van der Waals surface area contributed by atoms with Crippen LogP contribution in [0.2, 0.25) is 0 Å². The minimum Gasteiger partial charge on any atom is -0.381 e. The minimum absolute atomic E-state index is 0.0292. The third-order valence-electron chi connectivity index (χ3n) is 3.85. The zero-order valence-electron chi connectivity index (χ0n) is 12.2. The lowest BCUT2D eigenvalue weighted by Crippen LogP contribution is -2.36. The van der Waals surface area contributed by atoms with Gasteiger partial charge in [-0.05, 0) is 19.3 Å². The lowest BCUT2D eigenvalue weighted by molar-refractivity contribution is -0.131. The fraction of sp³-hybridized carbons (Fsp3) is 0.667. The van der Waals surface area contributed by atoms with Crippen LogP contribution in [0.3, 0.4) is 0 Å². The lowest BCUT2D eigenvalue weighted by Gasteiger charge is -2.21. The van der Waals surface area contributed by atoms with Gasteiger partial charge in [-0.3, -0.25) is 9.59 Å². The molecule has 2 aliphatic rings. The summed E-state index contributed by atoms with van der Waals surface area (Å²) in [7, 11) is 0. The largest absolute Gasteiger partial charge is 0.381 e. The molecule has 21 heavy (non-hydrogen) atoms. The first-order valence-electron chi connectivity index (χ1n) is 7.41. The van der Waals surface area contributed by atoms with Crippen LogP contribution < -0.4 is 0 Å². The van der Waals surface area contributed by atoms with E-state index in [1.54, 1.807) is 15.9 Å². The molecule has 2 fully saturated rings. The molecule has 0 saturated carbocycles. The van der Waals surface area contributed by atoms with E-state index in [2.05, 4.69) is 0 Å². The van der Waals surface area contributed by atoms with Crippen LogP contribution in [0.25, 0.3) is 0 Å². The SMILES string of the molecule is N#CCC(=O)N1CCCN(C(=O)C=C2CCOCC2)CC1. The molecule has 0 spiro atoms. The van der Waals surface area contributed by atoms with Crippen molar-refractivity contribution in [3.8, 4) is 6.07 Å². The molecular formula is C15H21N3O3. The van der Waals surface area contributed by atoms with Gasteiger partial charge in [0.2, 0.25) is 11.8 Å². The molecule has 0 aromatic rings. The summed E-state index contributed by atoms with van der Waals surface area (Å²) in [4.78, 5) is 27.5. The molecule has 0 aliphatic carbocycles. The van der Waals surface area contributed by atoms with Crippen LogP contribution in [0.1, 0.15) is 25.7 Å². The zero-order valence-corrected chi connectivity index (χ0v) is 12.2. The second kappa shape index (κ2) is 7.79. The number of nitrogens with zero attached hydrogens (tertiary/aromatic N) is 3. The number of carbonyl (C=O) groups is 2. The van der Waals surface area contributed by atoms with E-state index < -0.39 is 0 Å². The zero-order chi connectivity index (χ0) is 15.1. The fourth-order valence-corrected chi connectivity index (χ4v) is 2.61. The molecule has 6 heteroatoms. The highest BCUT2D eigenvalue weighted by atomic mass is 16.5. The first-order chi connectivity index (χ1) is 10.2. The van der Waals surface area contributed by atoms with E-state index in [-0.39, 0.29) is 18.2 Å². The molecule has 0 atom stereocenters. The molecule has 2 aliphatic heterocycles. The van der Waals surface area contributed by atoms with Crippen molar-refractivity contribution in [1.29, 1.82) is 5.26 Å². The summed E-state index contributed by atoms with van der Waals surface area (Å²) in [5, 5.41) is 8.58. The molecule has 0 aromatic carbocycles. The van der Waals surface area contributed by atoms with Crippen LogP contribution in [-0.4, -0.2) is 61.0 Å². The lowest BCUT2D eigenvalue weighted by atomic mass is 10.1. The highest BCUT2D eigenvalue weighted by Gasteiger charge is 2.21. The molecule has 2 heterocycles. The van der Waals surface area contributed by atoms with Gasteiger partial charge in [0.25, 0.3) is 0 Å². The van der Waals surface area contributed by atoms with E-state index in [9.17, 15) is 9.59 Å². The molecule has 2 amide bonds. The van der Waals surface area contributed by atoms with Crippen molar-refractivity contribution in [2.75, 3.05) is 39.4 Å². The summed E-state index contributed by atoms with van der Waals surface area (Å²) < 4.78 is 5.27. The average Bonchev–Trinajstić information content (AvgIpc) is 2.74. The Morgan fingerprint density at radius 1 is 1.14 bits per heavy atom. The Balaban J connectivity index is 1.88. The predicted octanol–water partition coefficient (Wildman–Crippen LogP) is 0.698. The van der Waals surface area contributed by atoms with E-state index in [1.165, 1.54) is 0 Å². The number of nitriles is 1. The quantitative estimate of drug-likeness (QED) is 0.702. The van der Waals surface area contributed by atoms with Crippen LogP contribution >= 0.6 is 0 Å². The van der Waals surface area contributed by atoms with Gasteiger partial charge >= 0.3 is 0 Å². The van der Waals surface area contributed by atoms with E-state index >= 15 is 0 Å². The average molecular weight is 291 g/mol. The molecule has 2 rings (SSSR count). The molecular weight excluding hydrogens is 270 g/mol. The summed E-state index contributed by atoms with van der Waals surface area (Å²) in [6.07, 6.45) is 4.06. The summed E-state index contributed by atoms with van der Waals surface area (Å²) in [5.41, 5.74) is 1.15. The van der Waals surface area contributed by atoms with Crippen molar-refractivity contribution in [2.24, 2.45) is 0 Å². The Morgan fingerprint density at radius 3 is 2.52 bits per heavy atom. The van der Waals surface area contributed by atoms with Gasteiger partial charge in [-0.1, -0.05) is 5.57 Å². The van der Waals surface area contributed by atoms with Gasteiger partial charge in [0.1, 0.15) is 6.42 Å². The number of carbonyl (C=O) groups excluding carboxylic acids is 2. The molecule has 0 N–H and O–H groups in total. The highest BCUT2D eigenvalue weighted by molar-refractivity contribution is 5.88. The van der Waals surface area contributed by atoms with E-state index in [0.717, 1.165) is 24.8 Å². The van der Waals surface area contributed by atoms with Gasteiger partial charge in [-0.2, -0.15) is 5.26 Å². The fourth-order valence-electron chi connectivity index (χ4n) is 2.61. The standard InChI is InChI=1S/C15H21N3O3/c16-5-2-14(19)17-6-1-7-18(9-8-17)15(20)12-13-3-10-21-11-4-13/h12H,1-4,6-11H2. The van der Waals surface area contributed by atoms with Crippen molar-refractivity contribution >= 4 is 11.8 Å². The van der Waals surface area contributed by atoms with Crippen LogP contribution in [0.4, 0.5) is 0 Å². The van der Waals surface area contributed by atoms with Crippen LogP contribution in [0, 0.1) is 11.3 Å². The van der Waals surface area contributed by atoms with E-state index in [4.69, 9.17) is 10.00 Å². The highest BCUT2D eigenvalue weighted by Crippen LogP contribution is 2.14. The van der Waals surface area contributed by atoms with Gasteiger partial charge < -0.3 is 14.5 Å². The molecule has 114 valence electrons. The number of hydrogen-bond donors (Lipinski definition) is 0. The Morgan fingerprint density at radius 2 is 1.81 bits per heavy atom. The van der Waals surface area contributed by atoms with Crippen LogP contribution in [-0.2, 0) is 14.3 Å². The minimum atomic E-state index is -0.144. The molecule has 0 bridgehead atoms. The van der Waals surface area contributed by atoms with Crippen LogP contribution in [0.5, 0.6) is 0 Å². The summed E-state index contributed by atoms with van der Waals surface area (Å²) >= 11 is 0. The van der Waals surface area contributed by atoms with Crippen molar-refractivity contribution in [2.45, 2.75) is 25.7 Å². The monoisotopic (exact) mass is 291 g/mol. The predicted molar refractivity (Wildman–Crippen MR) is 76.1 cm³/mol. The van der Waals surface area contributed by atoms with Gasteiger partial charge in [-0.15, -0.1) is 0 Å². The van der Waals surface area contributed by atoms with Gasteiger partial charge in [0, 0.05) is 32.3 Å². The number of ether oxygens (including phenoxy) is 1. The van der Waals surface area contributed by atoms with Gasteiger partial charge in [-0.25, -0.2) is 0 Å². The summed E-state index contributed by atoms with van der Waals surface area (Å²) in [5.74, 6) is -0.115. The topological polar surface area (TPSA) is 73.6 Å². The number of hydrogen-bond acceptors (Lipinski definition) is 4. The smallest absolute Gasteiger partial charge is 0.246 e. The van der Waals surface area contributed by atoms with E-state index in [1.807, 2.05) is 6.07 Å². The number of rotatable bonds is 2. The first kappa shape index (κ1) is 15.5. The molecule has 0 unspecified atom stereocenters. The van der Waals surface area contributed by atoms with E-state index in [0.29, 0.717) is 39.4 Å². The maximum absolute atomic E-state index is 12.3. The summed E-state index contributed by atoms with van der Waals surface area (Å²) in [6.45, 7) is 3.71. The molecule has 2 saturated heterocycles. The van der Waals surface area contributed by atoms with Crippen molar-refractivity contribution in [1.82, 2.24) is 9.80 Å². The second-order valence-corrected chi connectivity index (χ2v) is 5.31. The van der Waals surface area contributed by atoms with Gasteiger partial charge in [0.15, 0.2) is 0 Å². The Kier molecular flexibility index (Phi) is 5.76. The third-order valence-corrected chi connectivity index (χ3v) is 3.85. The van der Waals surface area contributed by atoms with Crippen molar-refractivity contribution < 1.29 is 14.3 Å². The molecule has 6 nitrogen and oxygen atoms in total. The van der Waals surface area contributed by atoms with Gasteiger partial charge in [0.05, 0.1) is 19.3 Å². The summed E-state index contributed by atoms with van der Waals surface area (Å²) in [6, 6.07) is 1.88. The number of amides is 2. The maximum atomic E-state index is 12.3. The molecule has 0 radical (unpaired) electrons. The first-order valence-corrected chi connectivity index (χ1v) is 7.41. The third kappa shape index (κ3) is 4.57. The maximum Gasteiger partial charge on any atom is 0.246 e. The normalized spacial score (nSPS) is 19.7. The Bertz CT molecular complexity index is 459. The van der Waals surface area contributed by atoms with Crippen LogP contribution in [0.15, 0.2) is 11.6 Å². The molecule has 0 aromatic heterocycles. The van der Waals surface area contributed by atoms with Crippen molar-refractivity contribution in [3.63, 3.8) is 0 Å². The Hall–Kier alpha value is -1.87.